The first kappa shape index (κ1) is 21.1. The van der Waals surface area contributed by atoms with Gasteiger partial charge in [0.2, 0.25) is 0 Å². The highest BCUT2D eigenvalue weighted by atomic mass is 16.4. The molecule has 0 bridgehead atoms. The molecule has 0 spiro atoms. The Morgan fingerprint density at radius 3 is 2.33 bits per heavy atom. The van der Waals surface area contributed by atoms with E-state index in [9.17, 15) is 9.90 Å². The molecule has 3 aromatic carbocycles. The summed E-state index contributed by atoms with van der Waals surface area (Å²) in [6.07, 6.45) is 4.12. The zero-order chi connectivity index (χ0) is 22.8. The van der Waals surface area contributed by atoms with Gasteiger partial charge in [-0.1, -0.05) is 47.2 Å². The third-order valence-corrected chi connectivity index (χ3v) is 6.32. The van der Waals surface area contributed by atoms with Gasteiger partial charge in [0.15, 0.2) is 0 Å². The minimum atomic E-state index is -0.963. The van der Waals surface area contributed by atoms with Crippen molar-refractivity contribution in [1.82, 2.24) is 20.3 Å². The summed E-state index contributed by atoms with van der Waals surface area (Å²) in [5.41, 5.74) is 6.85. The van der Waals surface area contributed by atoms with Crippen molar-refractivity contribution in [2.45, 2.75) is 25.7 Å². The zero-order valence-electron chi connectivity index (χ0n) is 18.5. The van der Waals surface area contributed by atoms with Crippen molar-refractivity contribution in [2.75, 3.05) is 13.1 Å². The number of aromatic nitrogens is 3. The molecule has 0 saturated carbocycles. The van der Waals surface area contributed by atoms with Crippen LogP contribution in [0.2, 0.25) is 0 Å². The third-order valence-electron chi connectivity index (χ3n) is 6.32. The molecule has 1 aromatic heterocycles. The van der Waals surface area contributed by atoms with Crippen LogP contribution in [0.4, 0.5) is 0 Å². The normalized spacial score (nSPS) is 14.3. The van der Waals surface area contributed by atoms with E-state index in [-0.39, 0.29) is 5.56 Å². The molecule has 0 aliphatic carbocycles. The number of benzene rings is 3. The van der Waals surface area contributed by atoms with Crippen molar-refractivity contribution < 1.29 is 9.90 Å². The van der Waals surface area contributed by atoms with Crippen molar-refractivity contribution >= 4 is 5.97 Å². The number of rotatable bonds is 5. The average molecular weight is 439 g/mol. The topological polar surface area (TPSA) is 80.0 Å². The van der Waals surface area contributed by atoms with Crippen LogP contribution in [0.1, 0.15) is 40.2 Å². The standard InChI is InChI=1S/C27H26N4O2/c1-18-2-8-25(9-3-18)31-17-26(29-30-31)23-14-22(15-24(16-23)27(32)33)20-6-4-19(5-7-20)21-10-12-28-13-11-21/h2-9,14-17,21,28H,10-13H2,1H3,(H,32,33). The number of carboxylic acids is 1. The highest BCUT2D eigenvalue weighted by Gasteiger charge is 2.16. The van der Waals surface area contributed by atoms with Crippen molar-refractivity contribution in [2.24, 2.45) is 0 Å². The second kappa shape index (κ2) is 9.00. The lowest BCUT2D eigenvalue weighted by molar-refractivity contribution is 0.0697. The summed E-state index contributed by atoms with van der Waals surface area (Å²) < 4.78 is 1.70. The third kappa shape index (κ3) is 4.56. The maximum Gasteiger partial charge on any atom is 0.335 e. The average Bonchev–Trinajstić information content (AvgIpc) is 3.35. The van der Waals surface area contributed by atoms with Gasteiger partial charge < -0.3 is 10.4 Å². The SMILES string of the molecule is Cc1ccc(-n2cc(-c3cc(C(=O)O)cc(-c4ccc(C5CCNCC5)cc4)c3)nn2)cc1. The van der Waals surface area contributed by atoms with Crippen LogP contribution in [0.25, 0.3) is 28.1 Å². The number of carbonyl (C=O) groups is 1. The van der Waals surface area contributed by atoms with Gasteiger partial charge in [0.05, 0.1) is 17.4 Å². The number of nitrogens with zero attached hydrogens (tertiary/aromatic N) is 3. The van der Waals surface area contributed by atoms with Gasteiger partial charge in [-0.15, -0.1) is 5.10 Å². The monoisotopic (exact) mass is 438 g/mol. The summed E-state index contributed by atoms with van der Waals surface area (Å²) in [7, 11) is 0. The molecule has 1 aliphatic heterocycles. The van der Waals surface area contributed by atoms with E-state index in [1.807, 2.05) is 43.5 Å². The summed E-state index contributed by atoms with van der Waals surface area (Å²) in [6.45, 7) is 4.15. The molecule has 0 atom stereocenters. The van der Waals surface area contributed by atoms with Gasteiger partial charge >= 0.3 is 5.97 Å². The molecule has 0 radical (unpaired) electrons. The molecular weight excluding hydrogens is 412 g/mol. The van der Waals surface area contributed by atoms with Crippen molar-refractivity contribution in [3.05, 3.63) is 89.6 Å². The Bertz CT molecular complexity index is 1270. The first-order valence-electron chi connectivity index (χ1n) is 11.3. The number of piperidine rings is 1. The predicted molar refractivity (Wildman–Crippen MR) is 129 cm³/mol. The second-order valence-electron chi connectivity index (χ2n) is 8.63. The van der Waals surface area contributed by atoms with Gasteiger partial charge in [0, 0.05) is 5.56 Å². The number of carboxylic acid groups (broad SMARTS) is 1. The fourth-order valence-corrected chi connectivity index (χ4v) is 4.39. The summed E-state index contributed by atoms with van der Waals surface area (Å²) in [4.78, 5) is 11.8. The first-order valence-corrected chi connectivity index (χ1v) is 11.3. The highest BCUT2D eigenvalue weighted by molar-refractivity contribution is 5.91. The minimum Gasteiger partial charge on any atom is -0.478 e. The molecule has 166 valence electrons. The van der Waals surface area contributed by atoms with Crippen molar-refractivity contribution in [1.29, 1.82) is 0 Å². The number of hydrogen-bond donors (Lipinski definition) is 2. The quantitative estimate of drug-likeness (QED) is 0.454. The number of nitrogens with one attached hydrogen (secondary N) is 1. The fourth-order valence-electron chi connectivity index (χ4n) is 4.39. The van der Waals surface area contributed by atoms with E-state index in [1.165, 1.54) is 11.1 Å². The van der Waals surface area contributed by atoms with Crippen LogP contribution in [0.15, 0.2) is 72.9 Å². The van der Waals surface area contributed by atoms with Crippen LogP contribution >= 0.6 is 0 Å². The van der Waals surface area contributed by atoms with Crippen LogP contribution in [0, 0.1) is 6.92 Å². The summed E-state index contributed by atoms with van der Waals surface area (Å²) >= 11 is 0. The molecule has 0 unspecified atom stereocenters. The lowest BCUT2D eigenvalue weighted by Crippen LogP contribution is -2.26. The summed E-state index contributed by atoms with van der Waals surface area (Å²) in [5, 5.41) is 21.7. The molecule has 5 rings (SSSR count). The van der Waals surface area contributed by atoms with Crippen LogP contribution in [-0.2, 0) is 0 Å². The summed E-state index contributed by atoms with van der Waals surface area (Å²) in [6, 6.07) is 21.9. The maximum absolute atomic E-state index is 11.8. The number of aromatic carboxylic acids is 1. The Hall–Kier alpha value is -3.77. The molecule has 1 saturated heterocycles. The maximum atomic E-state index is 11.8. The molecule has 2 N–H and O–H groups in total. The predicted octanol–water partition coefficient (Wildman–Crippen LogP) is 5.07. The Morgan fingerprint density at radius 1 is 0.939 bits per heavy atom. The molecule has 6 nitrogen and oxygen atoms in total. The van der Waals surface area contributed by atoms with Gasteiger partial charge in [-0.25, -0.2) is 9.48 Å². The second-order valence-corrected chi connectivity index (χ2v) is 8.63. The van der Waals surface area contributed by atoms with Crippen LogP contribution in [-0.4, -0.2) is 39.2 Å². The van der Waals surface area contributed by atoms with Gasteiger partial charge in [0.25, 0.3) is 0 Å². The fraction of sp³-hybridized carbons (Fsp3) is 0.222. The lowest BCUT2D eigenvalue weighted by Gasteiger charge is -2.23. The van der Waals surface area contributed by atoms with Crippen LogP contribution in [0.3, 0.4) is 0 Å². The van der Waals surface area contributed by atoms with Crippen LogP contribution in [0.5, 0.6) is 0 Å². The van der Waals surface area contributed by atoms with E-state index in [2.05, 4.69) is 39.9 Å². The van der Waals surface area contributed by atoms with E-state index in [0.29, 0.717) is 11.6 Å². The highest BCUT2D eigenvalue weighted by Crippen LogP contribution is 2.31. The molecule has 1 fully saturated rings. The van der Waals surface area contributed by atoms with E-state index in [0.717, 1.165) is 48.3 Å². The Kier molecular flexibility index (Phi) is 5.75. The molecule has 4 aromatic rings. The van der Waals surface area contributed by atoms with Gasteiger partial charge in [-0.05, 0) is 85.8 Å². The molecule has 33 heavy (non-hydrogen) atoms. The van der Waals surface area contributed by atoms with Crippen molar-refractivity contribution in [3.63, 3.8) is 0 Å². The summed E-state index contributed by atoms with van der Waals surface area (Å²) in [5.74, 6) is -0.381. The smallest absolute Gasteiger partial charge is 0.335 e. The largest absolute Gasteiger partial charge is 0.478 e. The lowest BCUT2D eigenvalue weighted by atomic mass is 9.89. The van der Waals surface area contributed by atoms with Gasteiger partial charge in [-0.2, -0.15) is 0 Å². The Morgan fingerprint density at radius 2 is 1.64 bits per heavy atom. The minimum absolute atomic E-state index is 0.231. The zero-order valence-corrected chi connectivity index (χ0v) is 18.5. The van der Waals surface area contributed by atoms with Crippen molar-refractivity contribution in [3.8, 4) is 28.1 Å². The Balaban J connectivity index is 1.48. The van der Waals surface area contributed by atoms with E-state index < -0.39 is 5.97 Å². The molecule has 2 heterocycles. The first-order chi connectivity index (χ1) is 16.1. The number of aryl methyl sites for hydroxylation is 1. The van der Waals surface area contributed by atoms with Gasteiger partial charge in [0.1, 0.15) is 5.69 Å². The van der Waals surface area contributed by atoms with E-state index in [1.54, 1.807) is 16.8 Å². The van der Waals surface area contributed by atoms with Crippen LogP contribution < -0.4 is 5.32 Å². The number of hydrogen-bond acceptors (Lipinski definition) is 4. The molecule has 1 aliphatic rings. The van der Waals surface area contributed by atoms with Gasteiger partial charge in [-0.3, -0.25) is 0 Å². The van der Waals surface area contributed by atoms with E-state index in [4.69, 9.17) is 0 Å². The Labute approximate surface area is 192 Å². The van der Waals surface area contributed by atoms with E-state index >= 15 is 0 Å². The molecule has 6 heteroatoms. The molecule has 0 amide bonds. The molecular formula is C27H26N4O2.